The van der Waals surface area contributed by atoms with Gasteiger partial charge < -0.3 is 5.32 Å². The minimum absolute atomic E-state index is 0.645. The van der Waals surface area contributed by atoms with Crippen molar-refractivity contribution in [3.05, 3.63) is 21.7 Å². The van der Waals surface area contributed by atoms with Crippen LogP contribution in [-0.2, 0) is 0 Å². The smallest absolute Gasteiger partial charge is 0.223 e. The molecule has 0 aliphatic carbocycles. The van der Waals surface area contributed by atoms with Gasteiger partial charge in [0, 0.05) is 23.8 Å². The summed E-state index contributed by atoms with van der Waals surface area (Å²) in [6.45, 7) is 4.81. The van der Waals surface area contributed by atoms with Crippen LogP contribution in [0, 0.1) is 6.92 Å². The summed E-state index contributed by atoms with van der Waals surface area (Å²) in [6.07, 6.45) is 1.76. The van der Waals surface area contributed by atoms with E-state index < -0.39 is 0 Å². The number of thiazole rings is 1. The van der Waals surface area contributed by atoms with Crippen LogP contribution < -0.4 is 5.32 Å². The molecule has 2 aromatic heterocycles. The molecule has 2 heterocycles. The van der Waals surface area contributed by atoms with Crippen molar-refractivity contribution in [3.8, 4) is 0 Å². The summed E-state index contributed by atoms with van der Waals surface area (Å²) in [5, 5.41) is 6.00. The average Bonchev–Trinajstić information content (AvgIpc) is 2.69. The number of nitrogens with zero attached hydrogens (tertiary/aromatic N) is 3. The molecule has 17 heavy (non-hydrogen) atoms. The van der Waals surface area contributed by atoms with Gasteiger partial charge in [-0.15, -0.1) is 11.3 Å². The molecule has 4 nitrogen and oxygen atoms in total. The lowest BCUT2D eigenvalue weighted by Crippen LogP contribution is -2.02. The highest BCUT2D eigenvalue weighted by Gasteiger charge is 2.09. The van der Waals surface area contributed by atoms with Crippen LogP contribution in [0.4, 0.5) is 5.95 Å². The molecule has 0 aliphatic heterocycles. The van der Waals surface area contributed by atoms with Crippen molar-refractivity contribution in [2.24, 2.45) is 0 Å². The number of anilines is 1. The van der Waals surface area contributed by atoms with Gasteiger partial charge in [-0.05, 0) is 41.5 Å². The molecule has 0 bridgehead atoms. The molecule has 7 heteroatoms. The van der Waals surface area contributed by atoms with Gasteiger partial charge in [-0.25, -0.2) is 15.0 Å². The van der Waals surface area contributed by atoms with Crippen molar-refractivity contribution < 1.29 is 0 Å². The second-order valence-electron chi connectivity index (χ2n) is 3.23. The van der Waals surface area contributed by atoms with Crippen LogP contribution in [0.5, 0.6) is 0 Å². The largest absolute Gasteiger partial charge is 0.354 e. The molecular weight excluding hydrogens is 320 g/mol. The van der Waals surface area contributed by atoms with Gasteiger partial charge >= 0.3 is 0 Å². The zero-order valence-corrected chi connectivity index (χ0v) is 12.6. The average molecular weight is 331 g/mol. The summed E-state index contributed by atoms with van der Waals surface area (Å²) in [7, 11) is 0. The number of hydrogen-bond donors (Lipinski definition) is 1. The van der Waals surface area contributed by atoms with Gasteiger partial charge in [0.1, 0.15) is 5.03 Å². The van der Waals surface area contributed by atoms with Gasteiger partial charge in [0.05, 0.1) is 4.47 Å². The predicted molar refractivity (Wildman–Crippen MR) is 74.9 cm³/mol. The van der Waals surface area contributed by atoms with Crippen molar-refractivity contribution in [1.29, 1.82) is 0 Å². The Hall–Kier alpha value is -0.660. The minimum atomic E-state index is 0.645. The number of halogens is 1. The van der Waals surface area contributed by atoms with Gasteiger partial charge in [-0.3, -0.25) is 0 Å². The first-order chi connectivity index (χ1) is 8.19. The van der Waals surface area contributed by atoms with E-state index in [-0.39, 0.29) is 0 Å². The first-order valence-electron chi connectivity index (χ1n) is 5.05. The summed E-state index contributed by atoms with van der Waals surface area (Å²) >= 11 is 6.62. The second-order valence-corrected chi connectivity index (χ2v) is 6.18. The molecule has 0 saturated carbocycles. The Labute approximate surface area is 116 Å². The summed E-state index contributed by atoms with van der Waals surface area (Å²) in [6, 6.07) is 0. The van der Waals surface area contributed by atoms with Crippen LogP contribution in [0.25, 0.3) is 0 Å². The Kier molecular flexibility index (Phi) is 4.36. The number of rotatable bonds is 4. The molecule has 2 aromatic rings. The molecule has 0 unspecified atom stereocenters. The van der Waals surface area contributed by atoms with E-state index in [0.717, 1.165) is 26.1 Å². The summed E-state index contributed by atoms with van der Waals surface area (Å²) in [4.78, 5) is 13.0. The fourth-order valence-electron chi connectivity index (χ4n) is 1.13. The topological polar surface area (TPSA) is 50.7 Å². The van der Waals surface area contributed by atoms with Crippen LogP contribution in [0.2, 0.25) is 0 Å². The Morgan fingerprint density at radius 2 is 2.29 bits per heavy atom. The molecule has 2 rings (SSSR count). The van der Waals surface area contributed by atoms with Crippen molar-refractivity contribution in [2.45, 2.75) is 23.2 Å². The monoisotopic (exact) mass is 330 g/mol. The number of aryl methyl sites for hydroxylation is 1. The van der Waals surface area contributed by atoms with E-state index in [1.54, 1.807) is 29.3 Å². The Balaban J connectivity index is 2.22. The second kappa shape index (κ2) is 5.79. The normalized spacial score (nSPS) is 10.5. The van der Waals surface area contributed by atoms with Crippen molar-refractivity contribution in [2.75, 3.05) is 11.9 Å². The van der Waals surface area contributed by atoms with Gasteiger partial charge in [0.2, 0.25) is 5.95 Å². The quantitative estimate of drug-likeness (QED) is 0.868. The van der Waals surface area contributed by atoms with E-state index in [4.69, 9.17) is 0 Å². The maximum absolute atomic E-state index is 4.43. The third kappa shape index (κ3) is 3.40. The molecule has 0 amide bonds. The fourth-order valence-corrected chi connectivity index (χ4v) is 3.29. The SMILES string of the molecule is CCNc1ncc(Br)c(Sc2nc(C)cs2)n1. The zero-order valence-electron chi connectivity index (χ0n) is 9.40. The fraction of sp³-hybridized carbons (Fsp3) is 0.300. The van der Waals surface area contributed by atoms with Crippen molar-refractivity contribution in [1.82, 2.24) is 15.0 Å². The van der Waals surface area contributed by atoms with Gasteiger partial charge in [-0.2, -0.15) is 0 Å². The first-order valence-corrected chi connectivity index (χ1v) is 7.54. The van der Waals surface area contributed by atoms with E-state index >= 15 is 0 Å². The van der Waals surface area contributed by atoms with Gasteiger partial charge in [0.15, 0.2) is 4.34 Å². The number of nitrogens with one attached hydrogen (secondary N) is 1. The summed E-state index contributed by atoms with van der Waals surface area (Å²) in [5.41, 5.74) is 1.04. The molecule has 0 aliphatic rings. The molecule has 90 valence electrons. The van der Waals surface area contributed by atoms with E-state index in [1.165, 1.54) is 0 Å². The highest BCUT2D eigenvalue weighted by Crippen LogP contribution is 2.33. The van der Waals surface area contributed by atoms with Crippen LogP contribution in [0.15, 0.2) is 25.4 Å². The van der Waals surface area contributed by atoms with Gasteiger partial charge in [0.25, 0.3) is 0 Å². The van der Waals surface area contributed by atoms with Crippen LogP contribution in [0.3, 0.4) is 0 Å². The standard InChI is InChI=1S/C10H11BrN4S2/c1-3-12-9-13-4-7(11)8(15-9)17-10-14-6(2)5-16-10/h4-5H,3H2,1-2H3,(H,12,13,15). The van der Waals surface area contributed by atoms with E-state index in [2.05, 4.69) is 36.2 Å². The lowest BCUT2D eigenvalue weighted by atomic mass is 10.6. The van der Waals surface area contributed by atoms with Crippen LogP contribution in [-0.4, -0.2) is 21.5 Å². The highest BCUT2D eigenvalue weighted by atomic mass is 79.9. The van der Waals surface area contributed by atoms with Crippen molar-refractivity contribution >= 4 is 45.0 Å². The molecule has 0 radical (unpaired) electrons. The lowest BCUT2D eigenvalue weighted by Gasteiger charge is -2.04. The maximum Gasteiger partial charge on any atom is 0.223 e. The van der Waals surface area contributed by atoms with E-state index in [9.17, 15) is 0 Å². The molecule has 0 fully saturated rings. The summed E-state index contributed by atoms with van der Waals surface area (Å²) < 4.78 is 1.88. The number of aromatic nitrogens is 3. The molecule has 0 spiro atoms. The Morgan fingerprint density at radius 1 is 1.47 bits per heavy atom. The number of hydrogen-bond acceptors (Lipinski definition) is 6. The van der Waals surface area contributed by atoms with Gasteiger partial charge in [-0.1, -0.05) is 0 Å². The molecule has 0 atom stereocenters. The maximum atomic E-state index is 4.43. The zero-order chi connectivity index (χ0) is 12.3. The molecular formula is C10H11BrN4S2. The molecule has 1 N–H and O–H groups in total. The molecule has 0 saturated heterocycles. The minimum Gasteiger partial charge on any atom is -0.354 e. The van der Waals surface area contributed by atoms with E-state index in [1.807, 2.05) is 19.2 Å². The third-order valence-electron chi connectivity index (χ3n) is 1.83. The van der Waals surface area contributed by atoms with Crippen molar-refractivity contribution in [3.63, 3.8) is 0 Å². The molecule has 0 aromatic carbocycles. The Bertz CT molecular complexity index is 515. The lowest BCUT2D eigenvalue weighted by molar-refractivity contribution is 0.997. The van der Waals surface area contributed by atoms with Crippen LogP contribution >= 0.6 is 39.0 Å². The Morgan fingerprint density at radius 3 is 2.94 bits per heavy atom. The third-order valence-corrected chi connectivity index (χ3v) is 4.73. The van der Waals surface area contributed by atoms with E-state index in [0.29, 0.717) is 5.95 Å². The summed E-state index contributed by atoms with van der Waals surface area (Å²) in [5.74, 6) is 0.645. The highest BCUT2D eigenvalue weighted by molar-refractivity contribution is 9.10. The van der Waals surface area contributed by atoms with Crippen LogP contribution in [0.1, 0.15) is 12.6 Å². The predicted octanol–water partition coefficient (Wildman–Crippen LogP) is 3.59. The first kappa shape index (κ1) is 12.8.